The van der Waals surface area contributed by atoms with Gasteiger partial charge in [-0.15, -0.1) is 0 Å². The van der Waals surface area contributed by atoms with Crippen LogP contribution in [0.15, 0.2) is 12.7 Å². The molecule has 0 aliphatic heterocycles. The zero-order chi connectivity index (χ0) is 16.4. The summed E-state index contributed by atoms with van der Waals surface area (Å²) in [5, 5.41) is 0. The smallest absolute Gasteiger partial charge is 0.131 e. The van der Waals surface area contributed by atoms with Crippen LogP contribution in [0.25, 0.3) is 0 Å². The van der Waals surface area contributed by atoms with E-state index >= 15 is 0 Å². The van der Waals surface area contributed by atoms with Gasteiger partial charge < -0.3 is 0 Å². The van der Waals surface area contributed by atoms with E-state index in [-0.39, 0.29) is 0 Å². The quantitative estimate of drug-likeness (QED) is 0.336. The molecular weight excluding hydrogens is 282 g/mol. The van der Waals surface area contributed by atoms with Gasteiger partial charge in [0.1, 0.15) is 18.5 Å². The summed E-state index contributed by atoms with van der Waals surface area (Å²) in [5.74, 6) is 0.940. The summed E-state index contributed by atoms with van der Waals surface area (Å²) in [7, 11) is 0. The molecule has 1 heterocycles. The predicted octanol–water partition coefficient (Wildman–Crippen LogP) is 6.29. The first kappa shape index (κ1) is 20.1. The highest BCUT2D eigenvalue weighted by atomic mass is 15.0. The average molecular weight is 320 g/mol. The molecule has 23 heavy (non-hydrogen) atoms. The maximum Gasteiger partial charge on any atom is 0.131 e. The van der Waals surface area contributed by atoms with Crippen molar-refractivity contribution in [2.75, 3.05) is 0 Å². The third kappa shape index (κ3) is 13.2. The second kappa shape index (κ2) is 15.9. The summed E-state index contributed by atoms with van der Waals surface area (Å²) < 4.78 is 0. The van der Waals surface area contributed by atoms with Crippen molar-refractivity contribution >= 4 is 0 Å². The van der Waals surface area contributed by atoms with Crippen LogP contribution in [0.3, 0.4) is 0 Å². The first-order chi connectivity index (χ1) is 11.4. The molecule has 1 aromatic rings. The number of hydrogen-bond acceptors (Lipinski definition) is 3. The standard InChI is InChI=1S/C20H37N3/c1-2-3-4-5-6-7-8-9-10-11-12-13-14-15-16-17-20-22-18-21-19-23-20/h18-19H,2-17H2,1H3. The third-order valence-corrected chi connectivity index (χ3v) is 4.55. The molecule has 0 saturated carbocycles. The summed E-state index contributed by atoms with van der Waals surface area (Å²) in [5.41, 5.74) is 0. The minimum Gasteiger partial charge on any atom is -0.225 e. The topological polar surface area (TPSA) is 38.7 Å². The van der Waals surface area contributed by atoms with Gasteiger partial charge in [0.05, 0.1) is 0 Å². The Morgan fingerprint density at radius 1 is 0.565 bits per heavy atom. The van der Waals surface area contributed by atoms with E-state index in [0.717, 1.165) is 12.2 Å². The summed E-state index contributed by atoms with van der Waals surface area (Å²) in [6.07, 6.45) is 25.3. The summed E-state index contributed by atoms with van der Waals surface area (Å²) in [6, 6.07) is 0. The van der Waals surface area contributed by atoms with E-state index in [9.17, 15) is 0 Å². The summed E-state index contributed by atoms with van der Waals surface area (Å²) >= 11 is 0. The van der Waals surface area contributed by atoms with Crippen LogP contribution >= 0.6 is 0 Å². The van der Waals surface area contributed by atoms with E-state index in [4.69, 9.17) is 0 Å². The van der Waals surface area contributed by atoms with Crippen LogP contribution in [0, 0.1) is 0 Å². The van der Waals surface area contributed by atoms with Crippen molar-refractivity contribution in [2.45, 2.75) is 110 Å². The lowest BCUT2D eigenvalue weighted by Crippen LogP contribution is -1.94. The highest BCUT2D eigenvalue weighted by Gasteiger charge is 1.96. The molecule has 1 aromatic heterocycles. The molecule has 1 rings (SSSR count). The van der Waals surface area contributed by atoms with Gasteiger partial charge in [-0.1, -0.05) is 96.8 Å². The fourth-order valence-electron chi connectivity index (χ4n) is 3.05. The average Bonchev–Trinajstić information content (AvgIpc) is 2.59. The Morgan fingerprint density at radius 3 is 1.39 bits per heavy atom. The fourth-order valence-corrected chi connectivity index (χ4v) is 3.05. The van der Waals surface area contributed by atoms with Crippen molar-refractivity contribution in [2.24, 2.45) is 0 Å². The number of aromatic nitrogens is 3. The monoisotopic (exact) mass is 319 g/mol. The molecule has 0 N–H and O–H groups in total. The summed E-state index contributed by atoms with van der Waals surface area (Å²) in [6.45, 7) is 2.29. The highest BCUT2D eigenvalue weighted by Crippen LogP contribution is 2.13. The minimum atomic E-state index is 0.940. The van der Waals surface area contributed by atoms with Crippen LogP contribution < -0.4 is 0 Å². The molecule has 0 fully saturated rings. The van der Waals surface area contributed by atoms with Crippen molar-refractivity contribution in [3.05, 3.63) is 18.5 Å². The Bertz CT molecular complexity index is 340. The molecule has 0 amide bonds. The molecule has 3 heteroatoms. The zero-order valence-corrected chi connectivity index (χ0v) is 15.3. The lowest BCUT2D eigenvalue weighted by Gasteiger charge is -2.03. The van der Waals surface area contributed by atoms with Gasteiger partial charge in [0.15, 0.2) is 0 Å². The van der Waals surface area contributed by atoms with Gasteiger partial charge >= 0.3 is 0 Å². The molecule has 0 radical (unpaired) electrons. The largest absolute Gasteiger partial charge is 0.225 e. The van der Waals surface area contributed by atoms with Crippen LogP contribution in [0.1, 0.15) is 109 Å². The van der Waals surface area contributed by atoms with E-state index in [2.05, 4.69) is 21.9 Å². The van der Waals surface area contributed by atoms with Gasteiger partial charge in [0, 0.05) is 6.42 Å². The van der Waals surface area contributed by atoms with E-state index in [1.54, 1.807) is 12.7 Å². The third-order valence-electron chi connectivity index (χ3n) is 4.55. The SMILES string of the molecule is CCCCCCCCCCCCCCCCCc1ncncn1. The number of rotatable bonds is 16. The molecular formula is C20H37N3. The van der Waals surface area contributed by atoms with Crippen molar-refractivity contribution in [1.29, 1.82) is 0 Å². The Balaban J connectivity index is 1.72. The summed E-state index contributed by atoms with van der Waals surface area (Å²) in [4.78, 5) is 12.2. The molecule has 0 bridgehead atoms. The maximum atomic E-state index is 4.16. The van der Waals surface area contributed by atoms with Gasteiger partial charge in [0.25, 0.3) is 0 Å². The lowest BCUT2D eigenvalue weighted by molar-refractivity contribution is 0.531. The van der Waals surface area contributed by atoms with Crippen LogP contribution in [-0.2, 0) is 6.42 Å². The fraction of sp³-hybridized carbons (Fsp3) is 0.850. The molecule has 0 aliphatic rings. The Labute approximate surface area is 143 Å². The van der Waals surface area contributed by atoms with Crippen molar-refractivity contribution in [3.8, 4) is 0 Å². The van der Waals surface area contributed by atoms with Crippen LogP contribution in [0.2, 0.25) is 0 Å². The Morgan fingerprint density at radius 2 is 0.957 bits per heavy atom. The van der Waals surface area contributed by atoms with E-state index in [0.29, 0.717) is 0 Å². The molecule has 0 saturated heterocycles. The molecule has 0 atom stereocenters. The van der Waals surface area contributed by atoms with E-state index in [1.165, 1.54) is 96.3 Å². The van der Waals surface area contributed by atoms with Crippen molar-refractivity contribution in [1.82, 2.24) is 15.0 Å². The number of aryl methyl sites for hydroxylation is 1. The normalized spacial score (nSPS) is 11.0. The van der Waals surface area contributed by atoms with E-state index < -0.39 is 0 Å². The van der Waals surface area contributed by atoms with Crippen LogP contribution in [0.5, 0.6) is 0 Å². The molecule has 0 unspecified atom stereocenters. The van der Waals surface area contributed by atoms with Gasteiger partial charge in [-0.25, -0.2) is 15.0 Å². The molecule has 0 aromatic carbocycles. The van der Waals surface area contributed by atoms with Crippen LogP contribution in [0.4, 0.5) is 0 Å². The maximum absolute atomic E-state index is 4.16. The van der Waals surface area contributed by atoms with Crippen molar-refractivity contribution in [3.63, 3.8) is 0 Å². The Hall–Kier alpha value is -0.990. The van der Waals surface area contributed by atoms with E-state index in [1.807, 2.05) is 0 Å². The molecule has 132 valence electrons. The zero-order valence-electron chi connectivity index (χ0n) is 15.3. The number of nitrogens with zero attached hydrogens (tertiary/aromatic N) is 3. The lowest BCUT2D eigenvalue weighted by atomic mass is 10.0. The molecule has 0 spiro atoms. The first-order valence-corrected chi connectivity index (χ1v) is 10.0. The molecule has 3 nitrogen and oxygen atoms in total. The number of unbranched alkanes of at least 4 members (excludes halogenated alkanes) is 14. The van der Waals surface area contributed by atoms with Crippen LogP contribution in [-0.4, -0.2) is 15.0 Å². The molecule has 0 aliphatic carbocycles. The predicted molar refractivity (Wildman–Crippen MR) is 98.5 cm³/mol. The minimum absolute atomic E-state index is 0.940. The first-order valence-electron chi connectivity index (χ1n) is 10.0. The van der Waals surface area contributed by atoms with Gasteiger partial charge in [-0.05, 0) is 6.42 Å². The second-order valence-electron chi connectivity index (χ2n) is 6.75. The van der Waals surface area contributed by atoms with Gasteiger partial charge in [-0.2, -0.15) is 0 Å². The second-order valence-corrected chi connectivity index (χ2v) is 6.75. The Kier molecular flexibility index (Phi) is 13.9. The van der Waals surface area contributed by atoms with Crippen molar-refractivity contribution < 1.29 is 0 Å². The van der Waals surface area contributed by atoms with Gasteiger partial charge in [-0.3, -0.25) is 0 Å². The van der Waals surface area contributed by atoms with Gasteiger partial charge in [0.2, 0.25) is 0 Å². The number of hydrogen-bond donors (Lipinski definition) is 0. The highest BCUT2D eigenvalue weighted by molar-refractivity contribution is 4.80.